The van der Waals surface area contributed by atoms with E-state index in [1.54, 1.807) is 0 Å². The first kappa shape index (κ1) is 11.3. The molecule has 2 fully saturated rings. The van der Waals surface area contributed by atoms with E-state index in [1.807, 2.05) is 0 Å². The Hall–Kier alpha value is -0.220. The standard InChI is InChI=1S/C11H21N3S/c1-14(9-2-5-15-7-9)8-11(3-4-11)6-10(12)13/h9H,2-8H2,1H3,(H3,12,13). The molecular weight excluding hydrogens is 206 g/mol. The van der Waals surface area contributed by atoms with E-state index in [1.165, 1.54) is 30.8 Å². The lowest BCUT2D eigenvalue weighted by Crippen LogP contribution is -2.37. The Labute approximate surface area is 96.3 Å². The highest BCUT2D eigenvalue weighted by Crippen LogP contribution is 2.49. The zero-order chi connectivity index (χ0) is 10.9. The number of nitrogens with zero attached hydrogens (tertiary/aromatic N) is 1. The number of thioether (sulfide) groups is 1. The van der Waals surface area contributed by atoms with Gasteiger partial charge >= 0.3 is 0 Å². The van der Waals surface area contributed by atoms with Crippen LogP contribution in [0.4, 0.5) is 0 Å². The third kappa shape index (κ3) is 2.88. The molecule has 0 amide bonds. The van der Waals surface area contributed by atoms with Crippen molar-refractivity contribution in [3.63, 3.8) is 0 Å². The SMILES string of the molecule is CN(CC1(CC(=N)N)CC1)C1CCSC1. The lowest BCUT2D eigenvalue weighted by molar-refractivity contribution is 0.213. The van der Waals surface area contributed by atoms with Gasteiger partial charge in [-0.25, -0.2) is 0 Å². The highest BCUT2D eigenvalue weighted by atomic mass is 32.2. The Balaban J connectivity index is 1.82. The molecule has 4 heteroatoms. The molecule has 2 rings (SSSR count). The molecule has 1 atom stereocenters. The second kappa shape index (κ2) is 4.34. The fraction of sp³-hybridized carbons (Fsp3) is 0.909. The fourth-order valence-corrected chi connectivity index (χ4v) is 3.80. The number of rotatable bonds is 5. The lowest BCUT2D eigenvalue weighted by Gasteiger charge is -2.28. The van der Waals surface area contributed by atoms with Crippen LogP contribution in [-0.2, 0) is 0 Å². The quantitative estimate of drug-likeness (QED) is 0.553. The molecule has 1 saturated carbocycles. The van der Waals surface area contributed by atoms with Crippen LogP contribution < -0.4 is 5.73 Å². The molecule has 86 valence electrons. The van der Waals surface area contributed by atoms with Crippen LogP contribution in [0.1, 0.15) is 25.7 Å². The van der Waals surface area contributed by atoms with Gasteiger partial charge < -0.3 is 10.6 Å². The molecule has 1 unspecified atom stereocenters. The Kier molecular flexibility index (Phi) is 3.26. The van der Waals surface area contributed by atoms with E-state index in [4.69, 9.17) is 11.1 Å². The molecule has 1 aliphatic carbocycles. The lowest BCUT2D eigenvalue weighted by atomic mass is 10.0. The van der Waals surface area contributed by atoms with Crippen molar-refractivity contribution in [1.29, 1.82) is 5.41 Å². The van der Waals surface area contributed by atoms with Gasteiger partial charge in [-0.1, -0.05) is 0 Å². The van der Waals surface area contributed by atoms with Crippen molar-refractivity contribution < 1.29 is 0 Å². The maximum absolute atomic E-state index is 7.40. The number of nitrogens with two attached hydrogens (primary N) is 1. The minimum Gasteiger partial charge on any atom is -0.388 e. The van der Waals surface area contributed by atoms with Crippen molar-refractivity contribution in [2.24, 2.45) is 11.1 Å². The van der Waals surface area contributed by atoms with Crippen LogP contribution in [0.3, 0.4) is 0 Å². The van der Waals surface area contributed by atoms with Gasteiger partial charge in [0.25, 0.3) is 0 Å². The molecule has 2 aliphatic rings. The molecular formula is C11H21N3S. The van der Waals surface area contributed by atoms with Crippen molar-refractivity contribution in [3.05, 3.63) is 0 Å². The smallest absolute Gasteiger partial charge is 0.0911 e. The largest absolute Gasteiger partial charge is 0.388 e. The number of amidine groups is 1. The van der Waals surface area contributed by atoms with E-state index in [-0.39, 0.29) is 0 Å². The summed E-state index contributed by atoms with van der Waals surface area (Å²) in [5, 5.41) is 7.40. The third-order valence-electron chi connectivity index (χ3n) is 3.64. The van der Waals surface area contributed by atoms with E-state index in [2.05, 4.69) is 23.7 Å². The maximum atomic E-state index is 7.40. The van der Waals surface area contributed by atoms with E-state index < -0.39 is 0 Å². The minimum atomic E-state index is 0.363. The van der Waals surface area contributed by atoms with Gasteiger partial charge in [0.1, 0.15) is 0 Å². The first-order valence-corrected chi connectivity index (χ1v) is 6.88. The Morgan fingerprint density at radius 2 is 2.33 bits per heavy atom. The molecule has 0 aromatic heterocycles. The molecule has 0 bridgehead atoms. The molecule has 0 aromatic carbocycles. The normalized spacial score (nSPS) is 28.3. The summed E-state index contributed by atoms with van der Waals surface area (Å²) in [6.45, 7) is 1.14. The van der Waals surface area contributed by atoms with Crippen molar-refractivity contribution in [2.45, 2.75) is 31.7 Å². The highest BCUT2D eigenvalue weighted by molar-refractivity contribution is 7.99. The summed E-state index contributed by atoms with van der Waals surface area (Å²) < 4.78 is 0. The van der Waals surface area contributed by atoms with Gasteiger partial charge in [-0.15, -0.1) is 0 Å². The van der Waals surface area contributed by atoms with Crippen molar-refractivity contribution in [1.82, 2.24) is 4.90 Å². The Bertz CT molecular complexity index is 244. The van der Waals surface area contributed by atoms with Crippen LogP contribution in [0.5, 0.6) is 0 Å². The maximum Gasteiger partial charge on any atom is 0.0911 e. The zero-order valence-corrected chi connectivity index (χ0v) is 10.3. The molecule has 0 aromatic rings. The van der Waals surface area contributed by atoms with Gasteiger partial charge in [-0.3, -0.25) is 5.41 Å². The average molecular weight is 227 g/mol. The number of hydrogen-bond donors (Lipinski definition) is 2. The Morgan fingerprint density at radius 3 is 2.80 bits per heavy atom. The van der Waals surface area contributed by atoms with Crippen LogP contribution >= 0.6 is 11.8 Å². The van der Waals surface area contributed by atoms with Crippen molar-refractivity contribution >= 4 is 17.6 Å². The molecule has 1 aliphatic heterocycles. The molecule has 3 nitrogen and oxygen atoms in total. The van der Waals surface area contributed by atoms with E-state index in [9.17, 15) is 0 Å². The molecule has 1 saturated heterocycles. The topological polar surface area (TPSA) is 53.1 Å². The monoisotopic (exact) mass is 227 g/mol. The minimum absolute atomic E-state index is 0.363. The third-order valence-corrected chi connectivity index (χ3v) is 4.78. The first-order valence-electron chi connectivity index (χ1n) is 5.72. The van der Waals surface area contributed by atoms with Crippen LogP contribution in [-0.4, -0.2) is 41.9 Å². The molecule has 3 N–H and O–H groups in total. The summed E-state index contributed by atoms with van der Waals surface area (Å²) in [6, 6.07) is 0.763. The van der Waals surface area contributed by atoms with Crippen LogP contribution in [0.15, 0.2) is 0 Å². The predicted octanol–water partition coefficient (Wildman–Crippen LogP) is 1.53. The number of hydrogen-bond acceptors (Lipinski definition) is 3. The van der Waals surface area contributed by atoms with Crippen LogP contribution in [0, 0.1) is 10.8 Å². The van der Waals surface area contributed by atoms with Gasteiger partial charge in [0.2, 0.25) is 0 Å². The summed E-state index contributed by atoms with van der Waals surface area (Å²) in [6.07, 6.45) is 4.65. The highest BCUT2D eigenvalue weighted by Gasteiger charge is 2.44. The molecule has 15 heavy (non-hydrogen) atoms. The van der Waals surface area contributed by atoms with Gasteiger partial charge in [-0.05, 0) is 37.5 Å². The van der Waals surface area contributed by atoms with Gasteiger partial charge in [0.15, 0.2) is 0 Å². The van der Waals surface area contributed by atoms with E-state index >= 15 is 0 Å². The van der Waals surface area contributed by atoms with E-state index in [0.29, 0.717) is 11.3 Å². The average Bonchev–Trinajstić information content (AvgIpc) is 2.68. The first-order chi connectivity index (χ1) is 7.11. The van der Waals surface area contributed by atoms with Gasteiger partial charge in [0.05, 0.1) is 5.84 Å². The van der Waals surface area contributed by atoms with Crippen molar-refractivity contribution in [2.75, 3.05) is 25.1 Å². The summed E-state index contributed by atoms with van der Waals surface area (Å²) in [5.41, 5.74) is 5.88. The summed E-state index contributed by atoms with van der Waals surface area (Å²) in [7, 11) is 2.23. The zero-order valence-electron chi connectivity index (χ0n) is 9.46. The summed E-state index contributed by atoms with van der Waals surface area (Å²) in [5.74, 6) is 2.96. The predicted molar refractivity (Wildman–Crippen MR) is 66.6 cm³/mol. The van der Waals surface area contributed by atoms with Crippen LogP contribution in [0.2, 0.25) is 0 Å². The van der Waals surface area contributed by atoms with Crippen LogP contribution in [0.25, 0.3) is 0 Å². The second-order valence-electron chi connectivity index (χ2n) is 5.13. The van der Waals surface area contributed by atoms with Gasteiger partial charge in [-0.2, -0.15) is 11.8 Å². The fourth-order valence-electron chi connectivity index (χ4n) is 2.50. The molecule has 0 radical (unpaired) electrons. The van der Waals surface area contributed by atoms with Gasteiger partial charge in [0, 0.05) is 24.8 Å². The van der Waals surface area contributed by atoms with Crippen molar-refractivity contribution in [3.8, 4) is 0 Å². The summed E-state index contributed by atoms with van der Waals surface area (Å²) >= 11 is 2.06. The van der Waals surface area contributed by atoms with E-state index in [0.717, 1.165) is 19.0 Å². The number of nitrogens with one attached hydrogen (secondary N) is 1. The Morgan fingerprint density at radius 1 is 1.60 bits per heavy atom. The molecule has 0 spiro atoms. The second-order valence-corrected chi connectivity index (χ2v) is 6.28. The summed E-state index contributed by atoms with van der Waals surface area (Å²) in [4.78, 5) is 2.50. The molecule has 1 heterocycles.